The average molecular weight is 423 g/mol. The largest absolute Gasteiger partial charge is 0.478 e. The van der Waals surface area contributed by atoms with E-state index in [2.05, 4.69) is 16.4 Å². The number of ketones is 1. The first-order valence-corrected chi connectivity index (χ1v) is 10.2. The maximum Gasteiger partial charge on any atom is 0.335 e. The molecule has 0 saturated carbocycles. The Morgan fingerprint density at radius 2 is 1.78 bits per heavy atom. The van der Waals surface area contributed by atoms with Gasteiger partial charge in [-0.05, 0) is 41.8 Å². The summed E-state index contributed by atoms with van der Waals surface area (Å²) in [5.41, 5.74) is 3.83. The fraction of sp³-hybridized carbons (Fsp3) is 0.115. The second-order valence-corrected chi connectivity index (χ2v) is 7.49. The Morgan fingerprint density at radius 1 is 1.03 bits per heavy atom. The summed E-state index contributed by atoms with van der Waals surface area (Å²) in [5, 5.41) is 22.2. The van der Waals surface area contributed by atoms with Gasteiger partial charge in [0.2, 0.25) is 0 Å². The number of aromatic amines is 1. The molecule has 0 aliphatic rings. The van der Waals surface area contributed by atoms with E-state index in [0.717, 1.165) is 11.1 Å². The van der Waals surface area contributed by atoms with Gasteiger partial charge in [0.15, 0.2) is 5.78 Å². The van der Waals surface area contributed by atoms with Crippen LogP contribution in [0.25, 0.3) is 10.9 Å². The molecule has 6 nitrogen and oxygen atoms in total. The number of aromatic nitrogens is 1. The molecule has 1 unspecified atom stereocenters. The normalized spacial score (nSPS) is 11.7. The highest BCUT2D eigenvalue weighted by atomic mass is 16.4. The molecule has 4 rings (SSSR count). The van der Waals surface area contributed by atoms with E-state index in [1.807, 2.05) is 42.5 Å². The molecule has 0 bridgehead atoms. The van der Waals surface area contributed by atoms with Crippen LogP contribution in [0.5, 0.6) is 0 Å². The van der Waals surface area contributed by atoms with E-state index in [9.17, 15) is 14.7 Å². The Balaban J connectivity index is 1.57. The van der Waals surface area contributed by atoms with Gasteiger partial charge >= 0.3 is 5.97 Å². The summed E-state index contributed by atoms with van der Waals surface area (Å²) >= 11 is 0. The van der Waals surface area contributed by atoms with E-state index in [4.69, 9.17) is 5.26 Å². The molecule has 0 radical (unpaired) electrons. The van der Waals surface area contributed by atoms with Crippen molar-refractivity contribution in [3.8, 4) is 6.07 Å². The summed E-state index contributed by atoms with van der Waals surface area (Å²) in [5.74, 6) is -1.11. The van der Waals surface area contributed by atoms with E-state index in [-0.39, 0.29) is 11.3 Å². The third kappa shape index (κ3) is 4.43. The smallest absolute Gasteiger partial charge is 0.335 e. The van der Waals surface area contributed by atoms with E-state index in [0.29, 0.717) is 35.0 Å². The zero-order chi connectivity index (χ0) is 22.5. The minimum absolute atomic E-state index is 0.0923. The lowest BCUT2D eigenvalue weighted by Crippen LogP contribution is -2.30. The van der Waals surface area contributed by atoms with Crippen molar-refractivity contribution in [2.24, 2.45) is 0 Å². The molecule has 3 N–H and O–H groups in total. The van der Waals surface area contributed by atoms with Crippen molar-refractivity contribution in [2.75, 3.05) is 6.54 Å². The quantitative estimate of drug-likeness (QED) is 0.362. The molecule has 4 aromatic rings. The molecule has 0 aliphatic carbocycles. The minimum atomic E-state index is -1.01. The second kappa shape index (κ2) is 9.29. The predicted octanol–water partition coefficient (Wildman–Crippen LogP) is 4.49. The van der Waals surface area contributed by atoms with Gasteiger partial charge in [0.25, 0.3) is 0 Å². The molecule has 0 saturated heterocycles. The van der Waals surface area contributed by atoms with Gasteiger partial charge in [0.1, 0.15) is 0 Å². The summed E-state index contributed by atoms with van der Waals surface area (Å²) in [6, 6.07) is 23.2. The van der Waals surface area contributed by atoms with Crippen molar-refractivity contribution < 1.29 is 14.7 Å². The van der Waals surface area contributed by atoms with Crippen molar-refractivity contribution in [3.63, 3.8) is 0 Å². The molecular weight excluding hydrogens is 402 g/mol. The van der Waals surface area contributed by atoms with Crippen LogP contribution in [0.2, 0.25) is 0 Å². The molecule has 0 aliphatic heterocycles. The number of fused-ring (bicyclic) bond motifs is 1. The van der Waals surface area contributed by atoms with E-state index >= 15 is 0 Å². The van der Waals surface area contributed by atoms with E-state index < -0.39 is 12.0 Å². The topological polar surface area (TPSA) is 106 Å². The summed E-state index contributed by atoms with van der Waals surface area (Å²) in [4.78, 5) is 27.8. The van der Waals surface area contributed by atoms with Crippen LogP contribution in [0.1, 0.15) is 43.4 Å². The van der Waals surface area contributed by atoms with E-state index in [1.165, 1.54) is 12.1 Å². The Hall–Kier alpha value is -4.21. The lowest BCUT2D eigenvalue weighted by molar-refractivity contribution is 0.0696. The Kier molecular flexibility index (Phi) is 6.11. The third-order valence-electron chi connectivity index (χ3n) is 5.43. The van der Waals surface area contributed by atoms with Gasteiger partial charge in [-0.25, -0.2) is 4.79 Å². The van der Waals surface area contributed by atoms with Crippen molar-refractivity contribution in [2.45, 2.75) is 12.5 Å². The molecule has 1 atom stereocenters. The van der Waals surface area contributed by atoms with Crippen molar-refractivity contribution in [1.29, 1.82) is 5.26 Å². The summed E-state index contributed by atoms with van der Waals surface area (Å²) in [6.45, 7) is 0.572. The zero-order valence-electron chi connectivity index (χ0n) is 17.2. The first kappa shape index (κ1) is 21.0. The van der Waals surface area contributed by atoms with Gasteiger partial charge in [0, 0.05) is 29.2 Å². The van der Waals surface area contributed by atoms with Crippen LogP contribution < -0.4 is 5.32 Å². The van der Waals surface area contributed by atoms with Crippen LogP contribution in [0.3, 0.4) is 0 Å². The fourth-order valence-electron chi connectivity index (χ4n) is 3.73. The van der Waals surface area contributed by atoms with Gasteiger partial charge in [-0.2, -0.15) is 5.26 Å². The van der Waals surface area contributed by atoms with E-state index in [1.54, 1.807) is 24.4 Å². The van der Waals surface area contributed by atoms with Crippen molar-refractivity contribution in [3.05, 3.63) is 107 Å². The van der Waals surface area contributed by atoms with Crippen LogP contribution in [0.4, 0.5) is 0 Å². The lowest BCUT2D eigenvalue weighted by Gasteiger charge is -2.18. The number of hydrogen-bond acceptors (Lipinski definition) is 4. The summed E-state index contributed by atoms with van der Waals surface area (Å²) in [7, 11) is 0. The van der Waals surface area contributed by atoms with Crippen LogP contribution in [-0.4, -0.2) is 28.4 Å². The average Bonchev–Trinajstić information content (AvgIpc) is 3.26. The van der Waals surface area contributed by atoms with Gasteiger partial charge in [-0.1, -0.05) is 48.5 Å². The molecule has 0 amide bonds. The number of nitrogens with zero attached hydrogens (tertiary/aromatic N) is 1. The molecule has 32 heavy (non-hydrogen) atoms. The SMILES string of the molecule is N#Cc1ccc(CCNC(C(=O)c2c[nH]c3cc(C(=O)O)ccc23)c2ccccc2)cc1. The van der Waals surface area contributed by atoms with Gasteiger partial charge < -0.3 is 15.4 Å². The number of aromatic carboxylic acids is 1. The molecular formula is C26H21N3O3. The Morgan fingerprint density at radius 3 is 2.47 bits per heavy atom. The first-order valence-electron chi connectivity index (χ1n) is 10.2. The van der Waals surface area contributed by atoms with Crippen LogP contribution in [0, 0.1) is 11.3 Å². The van der Waals surface area contributed by atoms with Crippen LogP contribution in [0.15, 0.2) is 79.0 Å². The van der Waals surface area contributed by atoms with Crippen molar-refractivity contribution in [1.82, 2.24) is 10.3 Å². The van der Waals surface area contributed by atoms with Gasteiger partial charge in [-0.3, -0.25) is 4.79 Å². The third-order valence-corrected chi connectivity index (χ3v) is 5.43. The standard InChI is InChI=1S/C26H21N3O3/c27-15-18-8-6-17(7-9-18)12-13-28-24(19-4-2-1-3-5-19)25(30)22-16-29-23-14-20(26(31)32)10-11-21(22)23/h1-11,14,16,24,28-29H,12-13H2,(H,31,32). The molecule has 1 aromatic heterocycles. The van der Waals surface area contributed by atoms with Crippen molar-refractivity contribution >= 4 is 22.7 Å². The number of nitrogens with one attached hydrogen (secondary N) is 2. The molecule has 158 valence electrons. The van der Waals surface area contributed by atoms with Gasteiger partial charge in [-0.15, -0.1) is 0 Å². The molecule has 6 heteroatoms. The Labute approximate surface area is 185 Å². The number of benzene rings is 3. The highest BCUT2D eigenvalue weighted by Crippen LogP contribution is 2.26. The minimum Gasteiger partial charge on any atom is -0.478 e. The number of Topliss-reactive ketones (excluding diaryl/α,β-unsaturated/α-hetero) is 1. The predicted molar refractivity (Wildman–Crippen MR) is 122 cm³/mol. The number of carbonyl (C=O) groups is 2. The number of nitriles is 1. The number of hydrogen-bond donors (Lipinski definition) is 3. The first-order chi connectivity index (χ1) is 15.6. The number of carboxylic acid groups (broad SMARTS) is 1. The maximum absolute atomic E-state index is 13.5. The molecule has 1 heterocycles. The van der Waals surface area contributed by atoms with Crippen LogP contribution in [-0.2, 0) is 6.42 Å². The fourth-order valence-corrected chi connectivity index (χ4v) is 3.73. The zero-order valence-corrected chi connectivity index (χ0v) is 17.2. The molecule has 0 fully saturated rings. The lowest BCUT2D eigenvalue weighted by atomic mass is 9.96. The Bertz CT molecular complexity index is 1300. The summed E-state index contributed by atoms with van der Waals surface area (Å²) < 4.78 is 0. The highest BCUT2D eigenvalue weighted by Gasteiger charge is 2.24. The highest BCUT2D eigenvalue weighted by molar-refractivity contribution is 6.11. The van der Waals surface area contributed by atoms with Crippen LogP contribution >= 0.6 is 0 Å². The number of carboxylic acids is 1. The molecule has 0 spiro atoms. The number of H-pyrrole nitrogens is 1. The number of rotatable bonds is 8. The molecule has 3 aromatic carbocycles. The van der Waals surface area contributed by atoms with Gasteiger partial charge in [0.05, 0.1) is 23.2 Å². The number of carbonyl (C=O) groups excluding carboxylic acids is 1. The monoisotopic (exact) mass is 423 g/mol. The second-order valence-electron chi connectivity index (χ2n) is 7.49. The maximum atomic E-state index is 13.5. The summed E-state index contributed by atoms with van der Waals surface area (Å²) in [6.07, 6.45) is 2.34.